The van der Waals surface area contributed by atoms with E-state index in [0.717, 1.165) is 38.9 Å². The van der Waals surface area contributed by atoms with Gasteiger partial charge < -0.3 is 10.2 Å². The molecule has 1 heterocycles. The maximum Gasteiger partial charge on any atom is 0.226 e. The van der Waals surface area contributed by atoms with Crippen molar-refractivity contribution in [3.05, 3.63) is 25.3 Å². The van der Waals surface area contributed by atoms with Crippen molar-refractivity contribution >= 4 is 5.91 Å². The van der Waals surface area contributed by atoms with Gasteiger partial charge >= 0.3 is 0 Å². The van der Waals surface area contributed by atoms with Crippen LogP contribution in [0.4, 0.5) is 0 Å². The molecule has 3 heteroatoms. The lowest BCUT2D eigenvalue weighted by Crippen LogP contribution is -2.44. The van der Waals surface area contributed by atoms with E-state index in [0.29, 0.717) is 5.92 Å². The number of likely N-dealkylation sites (tertiary alicyclic amines) is 1. The molecule has 0 radical (unpaired) electrons. The van der Waals surface area contributed by atoms with Crippen molar-refractivity contribution in [1.29, 1.82) is 0 Å². The van der Waals surface area contributed by atoms with Crippen molar-refractivity contribution < 1.29 is 4.79 Å². The Morgan fingerprint density at radius 1 is 1.44 bits per heavy atom. The molecule has 0 aromatic rings. The molecule has 1 amide bonds. The average Bonchev–Trinajstić information content (AvgIpc) is 2.38. The maximum absolute atomic E-state index is 12.4. The molecule has 1 atom stereocenters. The summed E-state index contributed by atoms with van der Waals surface area (Å²) in [6, 6.07) is 0. The van der Waals surface area contributed by atoms with Gasteiger partial charge in [-0.25, -0.2) is 0 Å². The second-order valence-corrected chi connectivity index (χ2v) is 5.10. The van der Waals surface area contributed by atoms with Gasteiger partial charge in [0.1, 0.15) is 0 Å². The topological polar surface area (TPSA) is 32.3 Å². The average molecular weight is 250 g/mol. The molecule has 0 aliphatic carbocycles. The molecule has 0 aromatic heterocycles. The summed E-state index contributed by atoms with van der Waals surface area (Å²) in [5, 5.41) is 3.21. The van der Waals surface area contributed by atoms with Gasteiger partial charge in [-0.05, 0) is 45.2 Å². The standard InChI is InChI=1S/C15H26N2O/c1-4-7-14(8-5-2)15(18)17-10-6-9-13(12-17)11-16-3/h4-5,13-14,16H,1-2,6-12H2,3H3. The van der Waals surface area contributed by atoms with Crippen LogP contribution < -0.4 is 5.32 Å². The maximum atomic E-state index is 12.4. The first-order chi connectivity index (χ1) is 8.72. The fourth-order valence-electron chi connectivity index (χ4n) is 2.68. The van der Waals surface area contributed by atoms with Crippen molar-refractivity contribution in [3.63, 3.8) is 0 Å². The molecule has 1 aliphatic rings. The lowest BCUT2D eigenvalue weighted by molar-refractivity contribution is -0.137. The molecule has 0 bridgehead atoms. The summed E-state index contributed by atoms with van der Waals surface area (Å²) in [7, 11) is 1.97. The second-order valence-electron chi connectivity index (χ2n) is 5.10. The van der Waals surface area contributed by atoms with E-state index < -0.39 is 0 Å². The van der Waals surface area contributed by atoms with Crippen molar-refractivity contribution in [2.24, 2.45) is 11.8 Å². The number of nitrogens with one attached hydrogen (secondary N) is 1. The van der Waals surface area contributed by atoms with Crippen molar-refractivity contribution in [2.45, 2.75) is 25.7 Å². The molecule has 18 heavy (non-hydrogen) atoms. The van der Waals surface area contributed by atoms with Crippen molar-refractivity contribution in [3.8, 4) is 0 Å². The number of amides is 1. The first kappa shape index (κ1) is 15.0. The summed E-state index contributed by atoms with van der Waals surface area (Å²) in [6.07, 6.45) is 7.50. The van der Waals surface area contributed by atoms with Gasteiger partial charge in [0, 0.05) is 19.0 Å². The van der Waals surface area contributed by atoms with E-state index in [2.05, 4.69) is 18.5 Å². The van der Waals surface area contributed by atoms with Crippen LogP contribution in [0.1, 0.15) is 25.7 Å². The Hall–Kier alpha value is -1.09. The molecule has 1 aliphatic heterocycles. The van der Waals surface area contributed by atoms with E-state index >= 15 is 0 Å². The highest BCUT2D eigenvalue weighted by atomic mass is 16.2. The number of rotatable bonds is 7. The molecule has 0 aromatic carbocycles. The van der Waals surface area contributed by atoms with Crippen LogP contribution in [-0.4, -0.2) is 37.5 Å². The minimum absolute atomic E-state index is 0.0355. The minimum Gasteiger partial charge on any atom is -0.342 e. The zero-order valence-corrected chi connectivity index (χ0v) is 11.5. The number of hydrogen-bond acceptors (Lipinski definition) is 2. The normalized spacial score (nSPS) is 19.9. The minimum atomic E-state index is 0.0355. The van der Waals surface area contributed by atoms with Gasteiger partial charge in [0.2, 0.25) is 5.91 Å². The Morgan fingerprint density at radius 2 is 2.11 bits per heavy atom. The summed E-state index contributed by atoms with van der Waals surface area (Å²) < 4.78 is 0. The Kier molecular flexibility index (Phi) is 6.73. The van der Waals surface area contributed by atoms with Crippen LogP contribution in [0.15, 0.2) is 25.3 Å². The third kappa shape index (κ3) is 4.30. The highest BCUT2D eigenvalue weighted by molar-refractivity contribution is 5.79. The zero-order chi connectivity index (χ0) is 13.4. The Labute approximate surface area is 111 Å². The molecule has 1 rings (SSSR count). The van der Waals surface area contributed by atoms with Gasteiger partial charge in [0.25, 0.3) is 0 Å². The van der Waals surface area contributed by atoms with Crippen molar-refractivity contribution in [2.75, 3.05) is 26.7 Å². The smallest absolute Gasteiger partial charge is 0.226 e. The largest absolute Gasteiger partial charge is 0.342 e. The van der Waals surface area contributed by atoms with Crippen LogP contribution in [0.25, 0.3) is 0 Å². The van der Waals surface area contributed by atoms with E-state index in [9.17, 15) is 4.79 Å². The Bertz CT molecular complexity index is 276. The van der Waals surface area contributed by atoms with Crippen LogP contribution in [0.3, 0.4) is 0 Å². The summed E-state index contributed by atoms with van der Waals surface area (Å²) in [5.41, 5.74) is 0. The summed E-state index contributed by atoms with van der Waals surface area (Å²) >= 11 is 0. The molecule has 1 fully saturated rings. The van der Waals surface area contributed by atoms with Crippen LogP contribution in [0.2, 0.25) is 0 Å². The van der Waals surface area contributed by atoms with Gasteiger partial charge in [0.15, 0.2) is 0 Å². The molecule has 1 unspecified atom stereocenters. The van der Waals surface area contributed by atoms with E-state index in [1.165, 1.54) is 6.42 Å². The fraction of sp³-hybridized carbons (Fsp3) is 0.667. The van der Waals surface area contributed by atoms with Crippen LogP contribution in [-0.2, 0) is 4.79 Å². The number of carbonyl (C=O) groups excluding carboxylic acids is 1. The molecular weight excluding hydrogens is 224 g/mol. The first-order valence-electron chi connectivity index (χ1n) is 6.88. The number of carbonyl (C=O) groups is 1. The highest BCUT2D eigenvalue weighted by Crippen LogP contribution is 2.20. The fourth-order valence-corrected chi connectivity index (χ4v) is 2.68. The zero-order valence-electron chi connectivity index (χ0n) is 11.5. The predicted octanol–water partition coefficient (Wildman–Crippen LogP) is 2.21. The number of piperidine rings is 1. The van der Waals surface area contributed by atoms with E-state index in [4.69, 9.17) is 0 Å². The molecule has 1 saturated heterocycles. The Morgan fingerprint density at radius 3 is 2.67 bits per heavy atom. The number of hydrogen-bond donors (Lipinski definition) is 1. The predicted molar refractivity (Wildman–Crippen MR) is 76.3 cm³/mol. The van der Waals surface area contributed by atoms with E-state index in [-0.39, 0.29) is 11.8 Å². The SMILES string of the molecule is C=CCC(CC=C)C(=O)N1CCCC(CNC)C1. The van der Waals surface area contributed by atoms with Crippen molar-refractivity contribution in [1.82, 2.24) is 10.2 Å². The van der Waals surface area contributed by atoms with Gasteiger partial charge in [0.05, 0.1) is 0 Å². The van der Waals surface area contributed by atoms with Gasteiger partial charge in [-0.3, -0.25) is 4.79 Å². The van der Waals surface area contributed by atoms with Gasteiger partial charge in [-0.1, -0.05) is 12.2 Å². The first-order valence-corrected chi connectivity index (χ1v) is 6.88. The van der Waals surface area contributed by atoms with Gasteiger partial charge in [-0.15, -0.1) is 13.2 Å². The molecule has 0 spiro atoms. The summed E-state index contributed by atoms with van der Waals surface area (Å²) in [6.45, 7) is 10.3. The second kappa shape index (κ2) is 8.09. The third-order valence-corrected chi connectivity index (χ3v) is 3.58. The third-order valence-electron chi connectivity index (χ3n) is 3.58. The van der Waals surface area contributed by atoms with E-state index in [1.807, 2.05) is 24.1 Å². The lowest BCUT2D eigenvalue weighted by atomic mass is 9.94. The molecule has 3 nitrogen and oxygen atoms in total. The van der Waals surface area contributed by atoms with Crippen LogP contribution in [0.5, 0.6) is 0 Å². The Balaban J connectivity index is 2.57. The number of allylic oxidation sites excluding steroid dienone is 2. The van der Waals surface area contributed by atoms with E-state index in [1.54, 1.807) is 0 Å². The molecule has 0 saturated carbocycles. The molecular formula is C15H26N2O. The van der Waals surface area contributed by atoms with Crippen LogP contribution in [0, 0.1) is 11.8 Å². The monoisotopic (exact) mass is 250 g/mol. The summed E-state index contributed by atoms with van der Waals surface area (Å²) in [5.74, 6) is 0.907. The molecule has 102 valence electrons. The highest BCUT2D eigenvalue weighted by Gasteiger charge is 2.27. The van der Waals surface area contributed by atoms with Gasteiger partial charge in [-0.2, -0.15) is 0 Å². The summed E-state index contributed by atoms with van der Waals surface area (Å²) in [4.78, 5) is 14.5. The quantitative estimate of drug-likeness (QED) is 0.703. The lowest BCUT2D eigenvalue weighted by Gasteiger charge is -2.34. The molecule has 1 N–H and O–H groups in total. The van der Waals surface area contributed by atoms with Crippen LogP contribution >= 0.6 is 0 Å². The number of nitrogens with zero attached hydrogens (tertiary/aromatic N) is 1.